The lowest BCUT2D eigenvalue weighted by atomic mass is 10.1. The number of nitrogens with one attached hydrogen (secondary N) is 1. The van der Waals surface area contributed by atoms with Crippen LogP contribution in [-0.4, -0.2) is 22.2 Å². The Morgan fingerprint density at radius 2 is 2.04 bits per heavy atom. The molecule has 0 aliphatic heterocycles. The Bertz CT molecular complexity index is 971. The summed E-state index contributed by atoms with van der Waals surface area (Å²) in [6, 6.07) is 10.7. The third-order valence-electron chi connectivity index (χ3n) is 4.09. The van der Waals surface area contributed by atoms with E-state index in [1.807, 2.05) is 37.6 Å². The highest BCUT2D eigenvalue weighted by Crippen LogP contribution is 2.12. The molecule has 0 saturated carbocycles. The first-order valence-electron chi connectivity index (χ1n) is 8.26. The molecule has 130 valence electrons. The Balaban J connectivity index is 1.67. The van der Waals surface area contributed by atoms with Crippen LogP contribution in [-0.2, 0) is 6.54 Å². The van der Waals surface area contributed by atoms with Gasteiger partial charge in [-0.3, -0.25) is 9.48 Å². The van der Waals surface area contributed by atoms with Crippen LogP contribution in [0.15, 0.2) is 45.6 Å². The SMILES string of the molecule is Cc1cc(C)n(C[C@H](C)CNC(=O)c2cc3ccccc3oc2=O)n1. The molecule has 0 spiro atoms. The van der Waals surface area contributed by atoms with Crippen molar-refractivity contribution < 1.29 is 9.21 Å². The van der Waals surface area contributed by atoms with Crippen LogP contribution in [0.1, 0.15) is 28.7 Å². The molecule has 3 aromatic rings. The predicted octanol–water partition coefficient (Wildman–Crippen LogP) is 2.67. The highest BCUT2D eigenvalue weighted by molar-refractivity contribution is 5.96. The summed E-state index contributed by atoms with van der Waals surface area (Å²) in [5.74, 6) is -0.242. The van der Waals surface area contributed by atoms with Crippen molar-refractivity contribution >= 4 is 16.9 Å². The number of rotatable bonds is 5. The molecule has 1 N–H and O–H groups in total. The lowest BCUT2D eigenvalue weighted by molar-refractivity contribution is 0.0943. The van der Waals surface area contributed by atoms with E-state index in [0.29, 0.717) is 18.7 Å². The third kappa shape index (κ3) is 3.79. The molecule has 1 atom stereocenters. The van der Waals surface area contributed by atoms with Gasteiger partial charge in [-0.1, -0.05) is 25.1 Å². The molecule has 3 rings (SSSR count). The monoisotopic (exact) mass is 339 g/mol. The topological polar surface area (TPSA) is 77.1 Å². The van der Waals surface area contributed by atoms with Crippen molar-refractivity contribution in [2.45, 2.75) is 27.3 Å². The number of hydrogen-bond acceptors (Lipinski definition) is 4. The van der Waals surface area contributed by atoms with E-state index in [1.54, 1.807) is 24.3 Å². The second-order valence-electron chi connectivity index (χ2n) is 6.41. The molecule has 0 aliphatic rings. The average molecular weight is 339 g/mol. The van der Waals surface area contributed by atoms with Gasteiger partial charge in [0.25, 0.3) is 5.91 Å². The summed E-state index contributed by atoms with van der Waals surface area (Å²) >= 11 is 0. The van der Waals surface area contributed by atoms with E-state index >= 15 is 0 Å². The lowest BCUT2D eigenvalue weighted by Gasteiger charge is -2.14. The zero-order valence-electron chi connectivity index (χ0n) is 14.6. The lowest BCUT2D eigenvalue weighted by Crippen LogP contribution is -2.33. The minimum atomic E-state index is -0.623. The Morgan fingerprint density at radius 3 is 2.76 bits per heavy atom. The summed E-state index contributed by atoms with van der Waals surface area (Å²) in [5, 5.41) is 7.96. The Hall–Kier alpha value is -2.89. The van der Waals surface area contributed by atoms with Gasteiger partial charge in [0.15, 0.2) is 0 Å². The second-order valence-corrected chi connectivity index (χ2v) is 6.41. The molecule has 0 aliphatic carbocycles. The van der Waals surface area contributed by atoms with Gasteiger partial charge in [0.2, 0.25) is 0 Å². The van der Waals surface area contributed by atoms with E-state index in [-0.39, 0.29) is 11.5 Å². The quantitative estimate of drug-likeness (QED) is 0.725. The molecule has 25 heavy (non-hydrogen) atoms. The molecule has 0 bridgehead atoms. The van der Waals surface area contributed by atoms with Gasteiger partial charge in [-0.2, -0.15) is 5.10 Å². The minimum absolute atomic E-state index is 0.0250. The first-order chi connectivity index (χ1) is 11.9. The molecule has 6 heteroatoms. The van der Waals surface area contributed by atoms with E-state index in [9.17, 15) is 9.59 Å². The van der Waals surface area contributed by atoms with E-state index in [4.69, 9.17) is 4.42 Å². The zero-order valence-corrected chi connectivity index (χ0v) is 14.6. The number of amides is 1. The highest BCUT2D eigenvalue weighted by Gasteiger charge is 2.15. The second kappa shape index (κ2) is 6.93. The van der Waals surface area contributed by atoms with E-state index in [2.05, 4.69) is 10.4 Å². The van der Waals surface area contributed by atoms with Gasteiger partial charge in [0.05, 0.1) is 5.69 Å². The molecule has 1 aromatic carbocycles. The highest BCUT2D eigenvalue weighted by atomic mass is 16.4. The Morgan fingerprint density at radius 1 is 1.28 bits per heavy atom. The van der Waals surface area contributed by atoms with Gasteiger partial charge in [-0.15, -0.1) is 0 Å². The molecule has 0 saturated heterocycles. The molecule has 1 amide bonds. The summed E-state index contributed by atoms with van der Waals surface area (Å²) in [7, 11) is 0. The van der Waals surface area contributed by atoms with Crippen LogP contribution in [0.3, 0.4) is 0 Å². The first kappa shape index (κ1) is 17.0. The summed E-state index contributed by atoms with van der Waals surface area (Å²) < 4.78 is 7.13. The van der Waals surface area contributed by atoms with E-state index in [0.717, 1.165) is 16.8 Å². The Labute approximate surface area is 145 Å². The summed E-state index contributed by atoms with van der Waals surface area (Å²) in [5.41, 5.74) is 1.94. The van der Waals surface area contributed by atoms with Crippen molar-refractivity contribution in [1.82, 2.24) is 15.1 Å². The van der Waals surface area contributed by atoms with Gasteiger partial charge in [0, 0.05) is 24.2 Å². The first-order valence-corrected chi connectivity index (χ1v) is 8.26. The molecule has 0 unspecified atom stereocenters. The van der Waals surface area contributed by atoms with Crippen molar-refractivity contribution in [3.05, 3.63) is 63.8 Å². The van der Waals surface area contributed by atoms with Gasteiger partial charge in [-0.05, 0) is 38.0 Å². The number of nitrogens with zero attached hydrogens (tertiary/aromatic N) is 2. The summed E-state index contributed by atoms with van der Waals surface area (Å²) in [6.45, 7) is 7.13. The fourth-order valence-corrected chi connectivity index (χ4v) is 2.80. The minimum Gasteiger partial charge on any atom is -0.422 e. The van der Waals surface area contributed by atoms with Gasteiger partial charge in [0.1, 0.15) is 11.1 Å². The van der Waals surface area contributed by atoms with Crippen LogP contribution in [0.2, 0.25) is 0 Å². The summed E-state index contributed by atoms with van der Waals surface area (Å²) in [6.07, 6.45) is 0. The van der Waals surface area contributed by atoms with Crippen LogP contribution in [0.5, 0.6) is 0 Å². The van der Waals surface area contributed by atoms with Crippen LogP contribution in [0.25, 0.3) is 11.0 Å². The molecule has 2 aromatic heterocycles. The van der Waals surface area contributed by atoms with Crippen LogP contribution < -0.4 is 10.9 Å². The fourth-order valence-electron chi connectivity index (χ4n) is 2.80. The maximum Gasteiger partial charge on any atom is 0.349 e. The van der Waals surface area contributed by atoms with Crippen LogP contribution in [0, 0.1) is 19.8 Å². The standard InChI is InChI=1S/C19H21N3O3/c1-12(11-22-14(3)8-13(2)21-22)10-20-18(23)16-9-15-6-4-5-7-17(15)25-19(16)24/h4-9,12H,10-11H2,1-3H3,(H,20,23)/t12-/m1/s1. The van der Waals surface area contributed by atoms with Crippen molar-refractivity contribution in [3.63, 3.8) is 0 Å². The number of hydrogen-bond donors (Lipinski definition) is 1. The van der Waals surface area contributed by atoms with Gasteiger partial charge < -0.3 is 9.73 Å². The molecular weight excluding hydrogens is 318 g/mol. The Kier molecular flexibility index (Phi) is 4.70. The molecule has 2 heterocycles. The number of benzene rings is 1. The van der Waals surface area contributed by atoms with E-state index < -0.39 is 11.5 Å². The van der Waals surface area contributed by atoms with E-state index in [1.165, 1.54) is 0 Å². The smallest absolute Gasteiger partial charge is 0.349 e. The predicted molar refractivity (Wildman–Crippen MR) is 95.7 cm³/mol. The van der Waals surface area contributed by atoms with Crippen molar-refractivity contribution in [2.24, 2.45) is 5.92 Å². The van der Waals surface area contributed by atoms with Gasteiger partial charge >= 0.3 is 5.63 Å². The number of aromatic nitrogens is 2. The molecule has 6 nitrogen and oxygen atoms in total. The van der Waals surface area contributed by atoms with Crippen molar-refractivity contribution in [2.75, 3.05) is 6.54 Å². The number of para-hydroxylation sites is 1. The van der Waals surface area contributed by atoms with Crippen LogP contribution >= 0.6 is 0 Å². The van der Waals surface area contributed by atoms with Crippen molar-refractivity contribution in [3.8, 4) is 0 Å². The van der Waals surface area contributed by atoms with Crippen molar-refractivity contribution in [1.29, 1.82) is 0 Å². The zero-order chi connectivity index (χ0) is 18.0. The maximum absolute atomic E-state index is 12.3. The molecule has 0 radical (unpaired) electrons. The third-order valence-corrected chi connectivity index (χ3v) is 4.09. The normalized spacial score (nSPS) is 12.3. The molecule has 0 fully saturated rings. The number of carbonyl (C=O) groups is 1. The largest absolute Gasteiger partial charge is 0.422 e. The maximum atomic E-state index is 12.3. The van der Waals surface area contributed by atoms with Crippen LogP contribution in [0.4, 0.5) is 0 Å². The van der Waals surface area contributed by atoms with Gasteiger partial charge in [-0.25, -0.2) is 4.79 Å². The number of fused-ring (bicyclic) bond motifs is 1. The number of carbonyl (C=O) groups excluding carboxylic acids is 1. The average Bonchev–Trinajstić information content (AvgIpc) is 2.89. The fraction of sp³-hybridized carbons (Fsp3) is 0.316. The summed E-state index contributed by atoms with van der Waals surface area (Å²) in [4.78, 5) is 24.4. The molecular formula is C19H21N3O3. The number of aryl methyl sites for hydroxylation is 2.